The summed E-state index contributed by atoms with van der Waals surface area (Å²) in [7, 11) is 0. The number of nitrogens with zero attached hydrogens (tertiary/aromatic N) is 1. The topological polar surface area (TPSA) is 38.9 Å². The van der Waals surface area contributed by atoms with Crippen molar-refractivity contribution in [3.05, 3.63) is 30.1 Å². The van der Waals surface area contributed by atoms with E-state index >= 15 is 0 Å². The number of hydrogen-bond acceptors (Lipinski definition) is 2. The number of rotatable bonds is 3. The smallest absolute Gasteiger partial charge is 0.0761 e. The molecular weight excluding hydrogens is 180 g/mol. The molecule has 70 valence electrons. The van der Waals surface area contributed by atoms with Crippen LogP contribution in [-0.2, 0) is 0 Å². The van der Waals surface area contributed by atoms with Crippen molar-refractivity contribution in [1.29, 1.82) is 0 Å². The Morgan fingerprint density at radius 3 is 2.69 bits per heavy atom. The summed E-state index contributed by atoms with van der Waals surface area (Å²) >= 11 is 4.95. The van der Waals surface area contributed by atoms with Crippen molar-refractivity contribution in [2.45, 2.75) is 19.8 Å². The molecule has 3 heteroatoms. The van der Waals surface area contributed by atoms with Crippen LogP contribution < -0.4 is 5.73 Å². The van der Waals surface area contributed by atoms with E-state index in [4.69, 9.17) is 18.0 Å². The van der Waals surface area contributed by atoms with E-state index in [-0.39, 0.29) is 5.92 Å². The van der Waals surface area contributed by atoms with E-state index in [1.807, 2.05) is 25.3 Å². The first kappa shape index (κ1) is 10.1. The first-order valence-corrected chi connectivity index (χ1v) is 4.73. The first-order chi connectivity index (χ1) is 6.13. The molecule has 0 amide bonds. The summed E-state index contributed by atoms with van der Waals surface area (Å²) in [6.45, 7) is 4.15. The van der Waals surface area contributed by atoms with Crippen molar-refractivity contribution in [3.8, 4) is 0 Å². The zero-order valence-corrected chi connectivity index (χ0v) is 8.71. The predicted molar refractivity (Wildman–Crippen MR) is 58.6 cm³/mol. The van der Waals surface area contributed by atoms with Gasteiger partial charge in [0.25, 0.3) is 0 Å². The van der Waals surface area contributed by atoms with Crippen LogP contribution in [0.3, 0.4) is 0 Å². The Morgan fingerprint density at radius 1 is 1.54 bits per heavy atom. The highest BCUT2D eigenvalue weighted by atomic mass is 32.1. The summed E-state index contributed by atoms with van der Waals surface area (Å²) < 4.78 is 0. The van der Waals surface area contributed by atoms with Crippen molar-refractivity contribution in [3.63, 3.8) is 0 Å². The third kappa shape index (κ3) is 2.49. The summed E-state index contributed by atoms with van der Waals surface area (Å²) in [5.41, 5.74) is 6.77. The van der Waals surface area contributed by atoms with E-state index in [0.29, 0.717) is 10.9 Å². The van der Waals surface area contributed by atoms with Crippen molar-refractivity contribution in [2.24, 2.45) is 11.7 Å². The molecule has 0 aliphatic rings. The Balaban J connectivity index is 2.79. The molecule has 0 saturated carbocycles. The van der Waals surface area contributed by atoms with Crippen molar-refractivity contribution >= 4 is 17.2 Å². The van der Waals surface area contributed by atoms with Crippen LogP contribution in [0, 0.1) is 5.92 Å². The molecule has 1 heterocycles. The van der Waals surface area contributed by atoms with Crippen LogP contribution in [0.2, 0.25) is 0 Å². The van der Waals surface area contributed by atoms with Gasteiger partial charge in [0.05, 0.1) is 4.99 Å². The highest BCUT2D eigenvalue weighted by Crippen LogP contribution is 2.22. The fourth-order valence-electron chi connectivity index (χ4n) is 1.18. The molecule has 0 bridgehead atoms. The largest absolute Gasteiger partial charge is 0.393 e. The van der Waals surface area contributed by atoms with Gasteiger partial charge < -0.3 is 5.73 Å². The fraction of sp³-hybridized carbons (Fsp3) is 0.400. The van der Waals surface area contributed by atoms with E-state index in [9.17, 15) is 0 Å². The maximum Gasteiger partial charge on any atom is 0.0761 e. The van der Waals surface area contributed by atoms with E-state index in [0.717, 1.165) is 0 Å². The van der Waals surface area contributed by atoms with Gasteiger partial charge in [-0.3, -0.25) is 4.98 Å². The lowest BCUT2D eigenvalue weighted by Gasteiger charge is -2.18. The van der Waals surface area contributed by atoms with Crippen LogP contribution in [0.25, 0.3) is 0 Å². The molecule has 0 fully saturated rings. The van der Waals surface area contributed by atoms with Crippen molar-refractivity contribution in [1.82, 2.24) is 4.98 Å². The molecule has 0 saturated heterocycles. The van der Waals surface area contributed by atoms with Gasteiger partial charge in [-0.1, -0.05) is 32.1 Å². The van der Waals surface area contributed by atoms with Gasteiger partial charge in [0, 0.05) is 18.3 Å². The van der Waals surface area contributed by atoms with Crippen molar-refractivity contribution in [2.75, 3.05) is 0 Å². The molecule has 1 aromatic rings. The molecule has 0 aliphatic heterocycles. The molecular formula is C10H14N2S. The van der Waals surface area contributed by atoms with Gasteiger partial charge in [0.1, 0.15) is 0 Å². The molecule has 2 atom stereocenters. The van der Waals surface area contributed by atoms with Gasteiger partial charge in [0.15, 0.2) is 0 Å². The molecule has 2 unspecified atom stereocenters. The number of thiocarbonyl (C=S) groups is 1. The molecule has 0 aliphatic carbocycles. The predicted octanol–water partition coefficient (Wildman–Crippen LogP) is 2.11. The summed E-state index contributed by atoms with van der Waals surface area (Å²) in [4.78, 5) is 4.63. The third-order valence-corrected chi connectivity index (χ3v) is 2.78. The van der Waals surface area contributed by atoms with Gasteiger partial charge >= 0.3 is 0 Å². The molecule has 0 radical (unpaired) electrons. The third-order valence-electron chi connectivity index (χ3n) is 2.41. The second-order valence-corrected chi connectivity index (χ2v) is 3.74. The monoisotopic (exact) mass is 194 g/mol. The fourth-order valence-corrected chi connectivity index (χ4v) is 1.38. The standard InChI is InChI=1S/C10H14N2S/c1-7(8(2)10(11)13)9-4-3-5-12-6-9/h3-8H,1-2H3,(H2,11,13). The zero-order chi connectivity index (χ0) is 9.84. The first-order valence-electron chi connectivity index (χ1n) is 4.32. The van der Waals surface area contributed by atoms with Gasteiger partial charge in [-0.15, -0.1) is 0 Å². The maximum absolute atomic E-state index is 5.59. The zero-order valence-electron chi connectivity index (χ0n) is 7.90. The second kappa shape index (κ2) is 4.33. The van der Waals surface area contributed by atoms with Crippen LogP contribution in [0.4, 0.5) is 0 Å². The highest BCUT2D eigenvalue weighted by Gasteiger charge is 2.16. The molecule has 2 nitrogen and oxygen atoms in total. The Kier molecular flexibility index (Phi) is 3.37. The normalized spacial score (nSPS) is 14.9. The molecule has 1 rings (SSSR count). The Labute approximate surface area is 84.2 Å². The maximum atomic E-state index is 5.59. The number of aromatic nitrogens is 1. The summed E-state index contributed by atoms with van der Waals surface area (Å²) in [6.07, 6.45) is 3.63. The van der Waals surface area contributed by atoms with E-state index in [2.05, 4.69) is 11.9 Å². The molecule has 2 N–H and O–H groups in total. The van der Waals surface area contributed by atoms with Gasteiger partial charge in [-0.05, 0) is 17.5 Å². The van der Waals surface area contributed by atoms with E-state index < -0.39 is 0 Å². The van der Waals surface area contributed by atoms with Gasteiger partial charge in [0.2, 0.25) is 0 Å². The number of pyridine rings is 1. The van der Waals surface area contributed by atoms with Crippen LogP contribution in [-0.4, -0.2) is 9.97 Å². The average Bonchev–Trinajstić information content (AvgIpc) is 2.17. The molecule has 0 aromatic carbocycles. The van der Waals surface area contributed by atoms with Crippen LogP contribution in [0.5, 0.6) is 0 Å². The molecule has 0 spiro atoms. The minimum absolute atomic E-state index is 0.221. The summed E-state index contributed by atoms with van der Waals surface area (Å²) in [6, 6.07) is 3.98. The van der Waals surface area contributed by atoms with Crippen LogP contribution in [0.15, 0.2) is 24.5 Å². The summed E-state index contributed by atoms with van der Waals surface area (Å²) in [5.74, 6) is 0.561. The average molecular weight is 194 g/mol. The van der Waals surface area contributed by atoms with Crippen LogP contribution in [0.1, 0.15) is 25.3 Å². The summed E-state index contributed by atoms with van der Waals surface area (Å²) in [5, 5.41) is 0. The minimum atomic E-state index is 0.221. The lowest BCUT2D eigenvalue weighted by Crippen LogP contribution is -2.23. The van der Waals surface area contributed by atoms with E-state index in [1.165, 1.54) is 5.56 Å². The Morgan fingerprint density at radius 2 is 2.23 bits per heavy atom. The molecule has 13 heavy (non-hydrogen) atoms. The number of hydrogen-bond donors (Lipinski definition) is 1. The van der Waals surface area contributed by atoms with Crippen LogP contribution >= 0.6 is 12.2 Å². The second-order valence-electron chi connectivity index (χ2n) is 3.27. The highest BCUT2D eigenvalue weighted by molar-refractivity contribution is 7.80. The van der Waals surface area contributed by atoms with Gasteiger partial charge in [-0.25, -0.2) is 0 Å². The number of nitrogens with two attached hydrogens (primary N) is 1. The Hall–Kier alpha value is -0.960. The van der Waals surface area contributed by atoms with E-state index in [1.54, 1.807) is 6.20 Å². The Bertz CT molecular complexity index is 284. The lowest BCUT2D eigenvalue weighted by atomic mass is 9.90. The van der Waals surface area contributed by atoms with Gasteiger partial charge in [-0.2, -0.15) is 0 Å². The lowest BCUT2D eigenvalue weighted by molar-refractivity contribution is 0.624. The minimum Gasteiger partial charge on any atom is -0.393 e. The van der Waals surface area contributed by atoms with Crippen molar-refractivity contribution < 1.29 is 0 Å². The SMILES string of the molecule is CC(C(N)=S)C(C)c1cccnc1. The molecule has 1 aromatic heterocycles. The quantitative estimate of drug-likeness (QED) is 0.749.